The first-order valence-electron chi connectivity index (χ1n) is 10.3. The molecular weight excluding hydrogens is 378 g/mol. The second-order valence-electron chi connectivity index (χ2n) is 8.25. The molecule has 1 saturated heterocycles. The molecule has 2 aromatic heterocycles. The van der Waals surface area contributed by atoms with E-state index < -0.39 is 0 Å². The van der Waals surface area contributed by atoms with Gasteiger partial charge in [0.1, 0.15) is 5.69 Å². The van der Waals surface area contributed by atoms with E-state index >= 15 is 0 Å². The number of aromatic nitrogens is 2. The molecule has 2 bridgehead atoms. The van der Waals surface area contributed by atoms with E-state index in [9.17, 15) is 14.4 Å². The quantitative estimate of drug-likeness (QED) is 0.733. The Morgan fingerprint density at radius 1 is 0.933 bits per heavy atom. The predicted molar refractivity (Wildman–Crippen MR) is 114 cm³/mol. The molecule has 4 heterocycles. The molecule has 0 aliphatic carbocycles. The lowest BCUT2D eigenvalue weighted by Gasteiger charge is -2.47. The number of aromatic amines is 1. The Hall–Kier alpha value is -3.41. The molecule has 1 N–H and O–H groups in total. The van der Waals surface area contributed by atoms with Crippen molar-refractivity contribution >= 4 is 5.91 Å². The van der Waals surface area contributed by atoms with Crippen molar-refractivity contribution in [2.45, 2.75) is 24.8 Å². The first kappa shape index (κ1) is 18.6. The number of rotatable bonds is 3. The summed E-state index contributed by atoms with van der Waals surface area (Å²) in [7, 11) is 0. The van der Waals surface area contributed by atoms with Crippen molar-refractivity contribution in [1.82, 2.24) is 14.5 Å². The van der Waals surface area contributed by atoms with Gasteiger partial charge in [-0.25, -0.2) is 0 Å². The lowest BCUT2D eigenvalue weighted by molar-refractivity contribution is 0.0523. The molecule has 2 aliphatic heterocycles. The van der Waals surface area contributed by atoms with Crippen molar-refractivity contribution in [3.8, 4) is 0 Å². The average Bonchev–Trinajstić information content (AvgIpc) is 2.77. The smallest absolute Gasteiger partial charge is 0.270 e. The van der Waals surface area contributed by atoms with Crippen LogP contribution in [0.3, 0.4) is 0 Å². The molecule has 1 amide bonds. The maximum Gasteiger partial charge on any atom is 0.270 e. The highest BCUT2D eigenvalue weighted by Gasteiger charge is 2.41. The van der Waals surface area contributed by atoms with Crippen LogP contribution in [-0.2, 0) is 6.42 Å². The summed E-state index contributed by atoms with van der Waals surface area (Å²) < 4.78 is 1.96. The second kappa shape index (κ2) is 7.44. The molecule has 3 aromatic rings. The minimum absolute atomic E-state index is 0.00206. The Morgan fingerprint density at radius 3 is 2.53 bits per heavy atom. The molecule has 6 heteroatoms. The number of piperidine rings is 1. The Morgan fingerprint density at radius 2 is 1.73 bits per heavy atom. The van der Waals surface area contributed by atoms with E-state index in [1.54, 1.807) is 18.2 Å². The van der Waals surface area contributed by atoms with Gasteiger partial charge in [-0.1, -0.05) is 42.5 Å². The zero-order chi connectivity index (χ0) is 20.7. The Balaban J connectivity index is 1.52. The maximum absolute atomic E-state index is 13.1. The minimum Gasteiger partial charge on any atom is -0.336 e. The number of nitrogens with one attached hydrogen (secondary N) is 1. The third-order valence-electron chi connectivity index (χ3n) is 6.37. The van der Waals surface area contributed by atoms with E-state index in [-0.39, 0.29) is 34.9 Å². The number of carbonyl (C=O) groups is 1. The Bertz CT molecular complexity index is 1200. The number of amides is 1. The highest BCUT2D eigenvalue weighted by Crippen LogP contribution is 2.42. The number of benzene rings is 1. The number of fused-ring (bicyclic) bond motifs is 4. The van der Waals surface area contributed by atoms with E-state index in [1.807, 2.05) is 39.8 Å². The number of likely N-dealkylation sites (tertiary alicyclic amines) is 1. The molecule has 6 nitrogen and oxygen atoms in total. The van der Waals surface area contributed by atoms with Gasteiger partial charge in [-0.2, -0.15) is 0 Å². The molecule has 5 rings (SSSR count). The van der Waals surface area contributed by atoms with Crippen LogP contribution in [0.1, 0.15) is 40.1 Å². The summed E-state index contributed by atoms with van der Waals surface area (Å²) in [6.45, 7) is 1.12. The highest BCUT2D eigenvalue weighted by atomic mass is 16.2. The molecule has 1 fully saturated rings. The van der Waals surface area contributed by atoms with E-state index in [0.29, 0.717) is 18.8 Å². The Kier molecular flexibility index (Phi) is 4.62. The number of pyridine rings is 2. The molecule has 0 unspecified atom stereocenters. The van der Waals surface area contributed by atoms with Gasteiger partial charge >= 0.3 is 0 Å². The molecule has 30 heavy (non-hydrogen) atoms. The van der Waals surface area contributed by atoms with Gasteiger partial charge in [0.2, 0.25) is 5.56 Å². The van der Waals surface area contributed by atoms with Crippen molar-refractivity contribution in [2.24, 2.45) is 5.92 Å². The first-order chi connectivity index (χ1) is 14.6. The minimum atomic E-state index is -0.281. The van der Waals surface area contributed by atoms with Crippen LogP contribution in [0.15, 0.2) is 76.3 Å². The summed E-state index contributed by atoms with van der Waals surface area (Å²) in [5.41, 5.74) is 2.23. The number of nitrogens with zero attached hydrogens (tertiary/aromatic N) is 2. The molecule has 152 valence electrons. The van der Waals surface area contributed by atoms with E-state index in [0.717, 1.165) is 18.5 Å². The van der Waals surface area contributed by atoms with Crippen LogP contribution < -0.4 is 11.1 Å². The van der Waals surface area contributed by atoms with Gasteiger partial charge in [-0.05, 0) is 36.5 Å². The standard InChI is InChI=1S/C24H23N3O3/c28-22-10-4-8-19(25-22)24(30)26-14-17-13-18(15-26)21(12-16-6-2-1-3-7-16)27-20(17)9-5-11-23(27)29/h1-11,17-18,21H,12-15H2,(H,25,28)/t17-,18+,21+/m1/s1. The number of H-pyrrole nitrogens is 1. The van der Waals surface area contributed by atoms with Gasteiger partial charge in [0, 0.05) is 42.9 Å². The molecule has 1 aromatic carbocycles. The van der Waals surface area contributed by atoms with Crippen LogP contribution in [0, 0.1) is 5.92 Å². The predicted octanol–water partition coefficient (Wildman–Crippen LogP) is 2.58. The zero-order valence-corrected chi connectivity index (χ0v) is 16.5. The molecule has 0 spiro atoms. The third kappa shape index (κ3) is 3.28. The van der Waals surface area contributed by atoms with Gasteiger partial charge < -0.3 is 14.5 Å². The summed E-state index contributed by atoms with van der Waals surface area (Å²) in [5.74, 6) is 0.132. The largest absolute Gasteiger partial charge is 0.336 e. The van der Waals surface area contributed by atoms with Gasteiger partial charge in [0.05, 0.1) is 0 Å². The van der Waals surface area contributed by atoms with Crippen molar-refractivity contribution in [2.75, 3.05) is 13.1 Å². The molecule has 2 aliphatic rings. The van der Waals surface area contributed by atoms with E-state index in [2.05, 4.69) is 17.1 Å². The molecule has 0 radical (unpaired) electrons. The summed E-state index contributed by atoms with van der Waals surface area (Å²) in [6.07, 6.45) is 1.70. The average molecular weight is 401 g/mol. The van der Waals surface area contributed by atoms with Crippen LogP contribution in [0.2, 0.25) is 0 Å². The summed E-state index contributed by atoms with van der Waals surface area (Å²) in [4.78, 5) is 42.1. The van der Waals surface area contributed by atoms with Crippen molar-refractivity contribution in [1.29, 1.82) is 0 Å². The van der Waals surface area contributed by atoms with Crippen molar-refractivity contribution in [3.05, 3.63) is 104 Å². The summed E-state index contributed by atoms with van der Waals surface area (Å²) in [5, 5.41) is 0. The topological polar surface area (TPSA) is 75.2 Å². The second-order valence-corrected chi connectivity index (χ2v) is 8.25. The lowest BCUT2D eigenvalue weighted by Crippen LogP contribution is -2.51. The number of carbonyl (C=O) groups excluding carboxylic acids is 1. The zero-order valence-electron chi connectivity index (χ0n) is 16.5. The molecule has 3 atom stereocenters. The van der Waals surface area contributed by atoms with Crippen LogP contribution in [0.4, 0.5) is 0 Å². The fourth-order valence-electron chi connectivity index (χ4n) is 5.07. The fraction of sp³-hybridized carbons (Fsp3) is 0.292. The monoisotopic (exact) mass is 401 g/mol. The van der Waals surface area contributed by atoms with E-state index in [4.69, 9.17) is 0 Å². The Labute approximate surface area is 173 Å². The molecular formula is C24H23N3O3. The van der Waals surface area contributed by atoms with Crippen LogP contribution >= 0.6 is 0 Å². The summed E-state index contributed by atoms with van der Waals surface area (Å²) in [6, 6.07) is 20.3. The number of hydrogen-bond acceptors (Lipinski definition) is 3. The summed E-state index contributed by atoms with van der Waals surface area (Å²) >= 11 is 0. The van der Waals surface area contributed by atoms with Crippen LogP contribution in [0.25, 0.3) is 0 Å². The normalized spacial score (nSPS) is 22.4. The van der Waals surface area contributed by atoms with Gasteiger partial charge in [-0.15, -0.1) is 0 Å². The first-order valence-corrected chi connectivity index (χ1v) is 10.3. The van der Waals surface area contributed by atoms with Crippen LogP contribution in [-0.4, -0.2) is 33.4 Å². The lowest BCUT2D eigenvalue weighted by atomic mass is 9.76. The SMILES string of the molecule is O=C(c1cccc(=O)[nH]1)N1C[C@H]2C[C@@H](C1)[C@H](Cc1ccccc1)n1c2cccc1=O. The highest BCUT2D eigenvalue weighted by molar-refractivity contribution is 5.92. The fourth-order valence-corrected chi connectivity index (χ4v) is 5.07. The van der Waals surface area contributed by atoms with Crippen molar-refractivity contribution in [3.63, 3.8) is 0 Å². The number of hydrogen-bond donors (Lipinski definition) is 1. The van der Waals surface area contributed by atoms with Gasteiger partial charge in [0.15, 0.2) is 0 Å². The maximum atomic E-state index is 13.1. The van der Waals surface area contributed by atoms with Crippen LogP contribution in [0.5, 0.6) is 0 Å². The van der Waals surface area contributed by atoms with Crippen molar-refractivity contribution < 1.29 is 4.79 Å². The van der Waals surface area contributed by atoms with E-state index in [1.165, 1.54) is 11.6 Å². The third-order valence-corrected chi connectivity index (χ3v) is 6.37. The molecule has 0 saturated carbocycles. The van der Waals surface area contributed by atoms with Gasteiger partial charge in [-0.3, -0.25) is 14.4 Å². The van der Waals surface area contributed by atoms with Gasteiger partial charge in [0.25, 0.3) is 11.5 Å².